The number of rotatable bonds is 8. The summed E-state index contributed by atoms with van der Waals surface area (Å²) >= 11 is 0. The summed E-state index contributed by atoms with van der Waals surface area (Å²) in [5.74, 6) is 2.89. The zero-order valence-electron chi connectivity index (χ0n) is 12.0. The smallest absolute Gasteiger partial charge is 0.243 e. The van der Waals surface area contributed by atoms with E-state index in [1.165, 1.54) is 4.31 Å². The van der Waals surface area contributed by atoms with Crippen LogP contribution in [-0.4, -0.2) is 37.5 Å². The minimum atomic E-state index is -3.51. The molecule has 1 aliphatic carbocycles. The van der Waals surface area contributed by atoms with Crippen molar-refractivity contribution < 1.29 is 13.5 Å². The molecule has 114 valence electrons. The molecule has 0 saturated heterocycles. The lowest BCUT2D eigenvalue weighted by Gasteiger charge is -2.19. The Labute approximate surface area is 126 Å². The summed E-state index contributed by atoms with van der Waals surface area (Å²) in [6.45, 7) is 0.765. The van der Waals surface area contributed by atoms with Gasteiger partial charge in [0.05, 0.1) is 11.4 Å². The third-order valence-electron chi connectivity index (χ3n) is 3.61. The Hall–Kier alpha value is -1.35. The first-order chi connectivity index (χ1) is 10.1. The van der Waals surface area contributed by atoms with Crippen LogP contribution in [0.4, 0.5) is 0 Å². The van der Waals surface area contributed by atoms with Crippen LogP contribution in [0, 0.1) is 18.3 Å². The number of hydrogen-bond donors (Lipinski definition) is 1. The van der Waals surface area contributed by atoms with Crippen LogP contribution in [0.3, 0.4) is 0 Å². The van der Waals surface area contributed by atoms with Crippen molar-refractivity contribution in [1.29, 1.82) is 0 Å². The van der Waals surface area contributed by atoms with E-state index in [0.717, 1.165) is 24.8 Å². The van der Waals surface area contributed by atoms with Crippen molar-refractivity contribution in [2.24, 2.45) is 5.92 Å². The van der Waals surface area contributed by atoms with Gasteiger partial charge in [-0.2, -0.15) is 4.31 Å². The second-order valence-electron chi connectivity index (χ2n) is 5.42. The minimum absolute atomic E-state index is 0.116. The highest BCUT2D eigenvalue weighted by atomic mass is 32.2. The van der Waals surface area contributed by atoms with Gasteiger partial charge in [-0.3, -0.25) is 0 Å². The van der Waals surface area contributed by atoms with Gasteiger partial charge in [-0.25, -0.2) is 8.42 Å². The number of aliphatic hydroxyl groups excluding tert-OH is 1. The van der Waals surface area contributed by atoms with Crippen molar-refractivity contribution in [2.75, 3.05) is 19.7 Å². The minimum Gasteiger partial charge on any atom is -0.396 e. The molecule has 0 aliphatic heterocycles. The highest BCUT2D eigenvalue weighted by molar-refractivity contribution is 7.89. The van der Waals surface area contributed by atoms with E-state index in [1.807, 2.05) is 0 Å². The number of hydrogen-bond acceptors (Lipinski definition) is 3. The lowest BCUT2D eigenvalue weighted by atomic mass is 10.1. The van der Waals surface area contributed by atoms with E-state index in [1.54, 1.807) is 24.3 Å². The standard InChI is InChI=1S/C16H21NO3S/c1-2-11-17(13-15-5-6-15)21(19,20)16-9-7-14(8-10-16)4-3-12-18/h1,7-10,15,18H,3-6,11-13H2. The molecular formula is C16H21NO3S. The number of nitrogens with zero attached hydrogens (tertiary/aromatic N) is 1. The molecule has 2 rings (SSSR count). The van der Waals surface area contributed by atoms with Crippen LogP contribution >= 0.6 is 0 Å². The molecule has 1 saturated carbocycles. The molecule has 0 heterocycles. The van der Waals surface area contributed by atoms with Gasteiger partial charge >= 0.3 is 0 Å². The molecule has 1 aliphatic rings. The number of terminal acetylenes is 1. The van der Waals surface area contributed by atoms with Crippen LogP contribution in [0.25, 0.3) is 0 Å². The molecule has 0 bridgehead atoms. The van der Waals surface area contributed by atoms with Crippen molar-refractivity contribution in [3.63, 3.8) is 0 Å². The fraction of sp³-hybridized carbons (Fsp3) is 0.500. The molecule has 21 heavy (non-hydrogen) atoms. The quantitative estimate of drug-likeness (QED) is 0.743. The van der Waals surface area contributed by atoms with Gasteiger partial charge in [0, 0.05) is 13.2 Å². The molecule has 1 N–H and O–H groups in total. The molecular weight excluding hydrogens is 286 g/mol. The van der Waals surface area contributed by atoms with E-state index in [4.69, 9.17) is 11.5 Å². The second kappa shape index (κ2) is 7.08. The molecule has 0 unspecified atom stereocenters. The lowest BCUT2D eigenvalue weighted by Crippen LogP contribution is -2.33. The van der Waals surface area contributed by atoms with Gasteiger partial charge in [-0.15, -0.1) is 6.42 Å². The molecule has 0 amide bonds. The van der Waals surface area contributed by atoms with Gasteiger partial charge in [0.15, 0.2) is 0 Å². The van der Waals surface area contributed by atoms with Gasteiger partial charge in [0.1, 0.15) is 0 Å². The summed E-state index contributed by atoms with van der Waals surface area (Å²) in [5.41, 5.74) is 1.02. The van der Waals surface area contributed by atoms with Crippen LogP contribution in [0.2, 0.25) is 0 Å². The molecule has 0 atom stereocenters. The average Bonchev–Trinajstić information content (AvgIpc) is 3.29. The highest BCUT2D eigenvalue weighted by Crippen LogP contribution is 2.31. The van der Waals surface area contributed by atoms with Gasteiger partial charge < -0.3 is 5.11 Å². The van der Waals surface area contributed by atoms with E-state index in [9.17, 15) is 8.42 Å². The summed E-state index contributed by atoms with van der Waals surface area (Å²) in [4.78, 5) is 0.283. The fourth-order valence-electron chi connectivity index (χ4n) is 2.20. The van der Waals surface area contributed by atoms with E-state index in [-0.39, 0.29) is 18.0 Å². The average molecular weight is 307 g/mol. The number of aliphatic hydroxyl groups is 1. The molecule has 1 aromatic carbocycles. The van der Waals surface area contributed by atoms with E-state index >= 15 is 0 Å². The summed E-state index contributed by atoms with van der Waals surface area (Å²) < 4.78 is 26.6. The first kappa shape index (κ1) is 16.0. The number of aryl methyl sites for hydroxylation is 1. The van der Waals surface area contributed by atoms with Crippen molar-refractivity contribution >= 4 is 10.0 Å². The maximum atomic E-state index is 12.6. The van der Waals surface area contributed by atoms with E-state index in [0.29, 0.717) is 18.9 Å². The van der Waals surface area contributed by atoms with Gasteiger partial charge in [-0.05, 0) is 49.3 Å². The first-order valence-corrected chi connectivity index (χ1v) is 8.65. The fourth-order valence-corrected chi connectivity index (χ4v) is 3.63. The molecule has 1 aromatic rings. The molecule has 1 fully saturated rings. The largest absolute Gasteiger partial charge is 0.396 e. The van der Waals surface area contributed by atoms with Crippen molar-refractivity contribution in [3.05, 3.63) is 29.8 Å². The zero-order valence-corrected chi connectivity index (χ0v) is 12.8. The van der Waals surface area contributed by atoms with Crippen LogP contribution in [0.5, 0.6) is 0 Å². The summed E-state index contributed by atoms with van der Waals surface area (Å²) in [6.07, 6.45) is 8.88. The normalized spacial score (nSPS) is 15.1. The summed E-state index contributed by atoms with van der Waals surface area (Å²) in [7, 11) is -3.51. The Morgan fingerprint density at radius 3 is 2.48 bits per heavy atom. The molecule has 4 nitrogen and oxygen atoms in total. The first-order valence-electron chi connectivity index (χ1n) is 7.21. The Bertz CT molecular complexity index is 597. The predicted molar refractivity (Wildman–Crippen MR) is 82.2 cm³/mol. The van der Waals surface area contributed by atoms with Crippen LogP contribution in [0.1, 0.15) is 24.8 Å². The molecule has 0 spiro atoms. The molecule has 5 heteroatoms. The molecule has 0 aromatic heterocycles. The summed E-state index contributed by atoms with van der Waals surface area (Å²) in [5, 5.41) is 8.81. The Kier molecular flexibility index (Phi) is 5.40. The van der Waals surface area contributed by atoms with Crippen LogP contribution < -0.4 is 0 Å². The zero-order chi connectivity index (χ0) is 15.3. The Morgan fingerprint density at radius 1 is 1.29 bits per heavy atom. The lowest BCUT2D eigenvalue weighted by molar-refractivity contribution is 0.288. The third kappa shape index (κ3) is 4.31. The number of benzene rings is 1. The number of sulfonamides is 1. The van der Waals surface area contributed by atoms with Gasteiger partial charge in [-0.1, -0.05) is 18.1 Å². The Balaban J connectivity index is 2.14. The SMILES string of the molecule is C#CCN(CC1CC1)S(=O)(=O)c1ccc(CCCO)cc1. The highest BCUT2D eigenvalue weighted by Gasteiger charge is 2.31. The maximum Gasteiger partial charge on any atom is 0.243 e. The van der Waals surface area contributed by atoms with Crippen LogP contribution in [0.15, 0.2) is 29.2 Å². The second-order valence-corrected chi connectivity index (χ2v) is 7.35. The van der Waals surface area contributed by atoms with Crippen molar-refractivity contribution in [1.82, 2.24) is 4.31 Å². The topological polar surface area (TPSA) is 57.6 Å². The van der Waals surface area contributed by atoms with Crippen molar-refractivity contribution in [3.8, 4) is 12.3 Å². The molecule has 0 radical (unpaired) electrons. The van der Waals surface area contributed by atoms with Gasteiger partial charge in [0.25, 0.3) is 0 Å². The Morgan fingerprint density at radius 2 is 1.95 bits per heavy atom. The van der Waals surface area contributed by atoms with Crippen LogP contribution in [-0.2, 0) is 16.4 Å². The monoisotopic (exact) mass is 307 g/mol. The van der Waals surface area contributed by atoms with E-state index in [2.05, 4.69) is 5.92 Å². The van der Waals surface area contributed by atoms with E-state index < -0.39 is 10.0 Å². The third-order valence-corrected chi connectivity index (χ3v) is 5.44. The van der Waals surface area contributed by atoms with Crippen molar-refractivity contribution in [2.45, 2.75) is 30.6 Å². The summed E-state index contributed by atoms with van der Waals surface area (Å²) in [6, 6.07) is 6.85. The van der Waals surface area contributed by atoms with Gasteiger partial charge in [0.2, 0.25) is 10.0 Å². The maximum absolute atomic E-state index is 12.6. The predicted octanol–water partition coefficient (Wildman–Crippen LogP) is 1.65.